The van der Waals surface area contributed by atoms with Gasteiger partial charge in [-0.25, -0.2) is 0 Å². The van der Waals surface area contributed by atoms with Crippen molar-refractivity contribution >= 4 is 5.91 Å². The van der Waals surface area contributed by atoms with Crippen molar-refractivity contribution in [1.82, 2.24) is 5.32 Å². The van der Waals surface area contributed by atoms with E-state index in [0.29, 0.717) is 30.6 Å². The summed E-state index contributed by atoms with van der Waals surface area (Å²) >= 11 is 0. The van der Waals surface area contributed by atoms with Gasteiger partial charge in [0.25, 0.3) is 0 Å². The van der Waals surface area contributed by atoms with Crippen LogP contribution in [0.2, 0.25) is 0 Å². The first-order valence-corrected chi connectivity index (χ1v) is 6.96. The molecular weight excluding hydrogens is 256 g/mol. The van der Waals surface area contributed by atoms with Crippen LogP contribution in [0.15, 0.2) is 18.2 Å². The average Bonchev–Trinajstić information content (AvgIpc) is 3.22. The normalized spacial score (nSPS) is 15.6. The topological polar surface area (TPSA) is 73.6 Å². The zero-order valence-corrected chi connectivity index (χ0v) is 12.0. The fourth-order valence-electron chi connectivity index (χ4n) is 1.87. The lowest BCUT2D eigenvalue weighted by Crippen LogP contribution is -2.26. The Kier molecular flexibility index (Phi) is 4.84. The largest absolute Gasteiger partial charge is 0.493 e. The lowest BCUT2D eigenvalue weighted by atomic mass is 10.1. The minimum atomic E-state index is -0.0535. The molecule has 0 bridgehead atoms. The molecule has 0 heterocycles. The number of hydrogen-bond acceptors (Lipinski definition) is 4. The Balaban J connectivity index is 1.86. The minimum absolute atomic E-state index is 0.0404. The predicted molar refractivity (Wildman–Crippen MR) is 76.9 cm³/mol. The maximum absolute atomic E-state index is 11.5. The van der Waals surface area contributed by atoms with Crippen LogP contribution in [0.5, 0.6) is 11.5 Å². The van der Waals surface area contributed by atoms with Gasteiger partial charge in [0.2, 0.25) is 5.91 Å². The molecule has 0 aromatic heterocycles. The molecule has 1 aromatic rings. The Hall–Kier alpha value is -1.75. The Bertz CT molecular complexity index is 470. The highest BCUT2D eigenvalue weighted by atomic mass is 16.5. The van der Waals surface area contributed by atoms with Gasteiger partial charge in [0, 0.05) is 12.1 Å². The Morgan fingerprint density at radius 2 is 2.20 bits per heavy atom. The molecule has 0 aliphatic heterocycles. The zero-order valence-electron chi connectivity index (χ0n) is 12.0. The second-order valence-corrected chi connectivity index (χ2v) is 5.14. The molecule has 5 nitrogen and oxygen atoms in total. The summed E-state index contributed by atoms with van der Waals surface area (Å²) in [7, 11) is 1.59. The van der Waals surface area contributed by atoms with E-state index in [1.807, 2.05) is 25.1 Å². The van der Waals surface area contributed by atoms with Crippen LogP contribution in [0.1, 0.15) is 37.8 Å². The number of carbonyl (C=O) groups is 1. The van der Waals surface area contributed by atoms with Crippen LogP contribution in [-0.2, 0) is 4.79 Å². The van der Waals surface area contributed by atoms with E-state index < -0.39 is 0 Å². The third-order valence-corrected chi connectivity index (χ3v) is 3.24. The van der Waals surface area contributed by atoms with Gasteiger partial charge in [-0.3, -0.25) is 4.79 Å². The molecule has 0 saturated heterocycles. The summed E-state index contributed by atoms with van der Waals surface area (Å²) in [6.07, 6.45) is 2.55. The maximum Gasteiger partial charge on any atom is 0.223 e. The van der Waals surface area contributed by atoms with Gasteiger partial charge < -0.3 is 20.5 Å². The van der Waals surface area contributed by atoms with E-state index in [-0.39, 0.29) is 11.9 Å². The van der Waals surface area contributed by atoms with E-state index in [2.05, 4.69) is 5.32 Å². The highest BCUT2D eigenvalue weighted by molar-refractivity contribution is 5.76. The van der Waals surface area contributed by atoms with Gasteiger partial charge in [0.1, 0.15) is 0 Å². The van der Waals surface area contributed by atoms with Crippen molar-refractivity contribution in [3.05, 3.63) is 23.8 Å². The van der Waals surface area contributed by atoms with E-state index in [4.69, 9.17) is 15.2 Å². The van der Waals surface area contributed by atoms with E-state index in [1.165, 1.54) is 0 Å². The molecule has 1 fully saturated rings. The molecule has 1 amide bonds. The van der Waals surface area contributed by atoms with Crippen molar-refractivity contribution in [3.63, 3.8) is 0 Å². The highest BCUT2D eigenvalue weighted by Crippen LogP contribution is 2.29. The van der Waals surface area contributed by atoms with Crippen molar-refractivity contribution in [1.29, 1.82) is 0 Å². The smallest absolute Gasteiger partial charge is 0.223 e. The van der Waals surface area contributed by atoms with Crippen LogP contribution in [0, 0.1) is 0 Å². The first-order chi connectivity index (χ1) is 9.60. The number of rotatable bonds is 7. The molecule has 1 aromatic carbocycles. The van der Waals surface area contributed by atoms with Gasteiger partial charge in [-0.05, 0) is 37.5 Å². The van der Waals surface area contributed by atoms with E-state index in [1.54, 1.807) is 7.11 Å². The number of nitrogens with one attached hydrogen (secondary N) is 1. The number of hydrogen-bond donors (Lipinski definition) is 2. The van der Waals surface area contributed by atoms with Crippen molar-refractivity contribution in [2.75, 3.05) is 13.7 Å². The number of nitrogens with two attached hydrogens (primary N) is 1. The first-order valence-electron chi connectivity index (χ1n) is 6.96. The maximum atomic E-state index is 11.5. The molecule has 1 aliphatic rings. The summed E-state index contributed by atoms with van der Waals surface area (Å²) in [6.45, 7) is 2.25. The van der Waals surface area contributed by atoms with Crippen LogP contribution in [0.4, 0.5) is 0 Å². The summed E-state index contributed by atoms with van der Waals surface area (Å²) in [5, 5.41) is 2.93. The Labute approximate surface area is 119 Å². The average molecular weight is 278 g/mol. The predicted octanol–water partition coefficient (Wildman–Crippen LogP) is 1.76. The van der Waals surface area contributed by atoms with Gasteiger partial charge in [0.15, 0.2) is 11.5 Å². The lowest BCUT2D eigenvalue weighted by molar-refractivity contribution is -0.121. The Morgan fingerprint density at radius 1 is 1.45 bits per heavy atom. The standard InChI is InChI=1S/C15H22N2O3/c1-10(16)11-3-6-13(14(9-11)19-2)20-8-7-15(18)17-12-4-5-12/h3,6,9-10,12H,4-5,7-8,16H2,1-2H3,(H,17,18). The van der Waals surface area contributed by atoms with Crippen LogP contribution in [0.3, 0.4) is 0 Å². The zero-order chi connectivity index (χ0) is 14.5. The number of benzene rings is 1. The quantitative estimate of drug-likeness (QED) is 0.797. The molecule has 20 heavy (non-hydrogen) atoms. The summed E-state index contributed by atoms with van der Waals surface area (Å²) in [5.74, 6) is 1.32. The van der Waals surface area contributed by atoms with Gasteiger partial charge in [0.05, 0.1) is 20.1 Å². The van der Waals surface area contributed by atoms with Crippen LogP contribution < -0.4 is 20.5 Å². The summed E-state index contributed by atoms with van der Waals surface area (Å²) in [6, 6.07) is 5.94. The SMILES string of the molecule is COc1cc(C(C)N)ccc1OCCC(=O)NC1CC1. The molecule has 0 spiro atoms. The van der Waals surface area contributed by atoms with Gasteiger partial charge in [-0.1, -0.05) is 6.07 Å². The van der Waals surface area contributed by atoms with Crippen molar-refractivity contribution in [2.45, 2.75) is 38.3 Å². The fourth-order valence-corrected chi connectivity index (χ4v) is 1.87. The van der Waals surface area contributed by atoms with Crippen LogP contribution >= 0.6 is 0 Å². The summed E-state index contributed by atoms with van der Waals surface area (Å²) in [5.41, 5.74) is 6.82. The van der Waals surface area contributed by atoms with Gasteiger partial charge >= 0.3 is 0 Å². The van der Waals surface area contributed by atoms with Gasteiger partial charge in [-0.15, -0.1) is 0 Å². The van der Waals surface area contributed by atoms with Crippen LogP contribution in [0.25, 0.3) is 0 Å². The molecule has 1 atom stereocenters. The number of ether oxygens (including phenoxy) is 2. The van der Waals surface area contributed by atoms with Crippen molar-refractivity contribution in [2.24, 2.45) is 5.73 Å². The third kappa shape index (κ3) is 4.13. The highest BCUT2D eigenvalue weighted by Gasteiger charge is 2.22. The van der Waals surface area contributed by atoms with E-state index in [9.17, 15) is 4.79 Å². The van der Waals surface area contributed by atoms with Crippen molar-refractivity contribution < 1.29 is 14.3 Å². The molecule has 0 radical (unpaired) electrons. The first kappa shape index (κ1) is 14.7. The van der Waals surface area contributed by atoms with Crippen LogP contribution in [-0.4, -0.2) is 25.7 Å². The Morgan fingerprint density at radius 3 is 2.80 bits per heavy atom. The molecule has 1 unspecified atom stereocenters. The molecule has 3 N–H and O–H groups in total. The molecule has 110 valence electrons. The summed E-state index contributed by atoms with van der Waals surface area (Å²) < 4.78 is 10.9. The number of methoxy groups -OCH3 is 1. The van der Waals surface area contributed by atoms with E-state index in [0.717, 1.165) is 18.4 Å². The minimum Gasteiger partial charge on any atom is -0.493 e. The fraction of sp³-hybridized carbons (Fsp3) is 0.533. The summed E-state index contributed by atoms with van der Waals surface area (Å²) in [4.78, 5) is 11.5. The monoisotopic (exact) mass is 278 g/mol. The molecule has 5 heteroatoms. The van der Waals surface area contributed by atoms with E-state index >= 15 is 0 Å². The lowest BCUT2D eigenvalue weighted by Gasteiger charge is -2.13. The van der Waals surface area contributed by atoms with Crippen molar-refractivity contribution in [3.8, 4) is 11.5 Å². The molecule has 2 rings (SSSR count). The second kappa shape index (κ2) is 6.61. The second-order valence-electron chi connectivity index (χ2n) is 5.14. The number of carbonyl (C=O) groups excluding carboxylic acids is 1. The van der Waals surface area contributed by atoms with Gasteiger partial charge in [-0.2, -0.15) is 0 Å². The third-order valence-electron chi connectivity index (χ3n) is 3.24. The molecule has 1 saturated carbocycles. The number of amides is 1. The molecular formula is C15H22N2O3. The molecule has 1 aliphatic carbocycles.